The Morgan fingerprint density at radius 1 is 1.48 bits per heavy atom. The maximum atomic E-state index is 12.7. The van der Waals surface area contributed by atoms with Crippen LogP contribution in [0, 0.1) is 0 Å². The number of hydrogen-bond donors (Lipinski definition) is 0. The van der Waals surface area contributed by atoms with Crippen LogP contribution < -0.4 is 0 Å². The standard InChI is InChI=1S/C13H18F3N3O2/c1-5-7(2)19-8(3)11(21-12(19)20)9-6-10(13(14,15)16)17-18(9)4/h6-8,11H,5H2,1-4H3/t7?,8-,11-/m1/s1. The minimum atomic E-state index is -4.52. The van der Waals surface area contributed by atoms with Crippen LogP contribution in [0.25, 0.3) is 0 Å². The van der Waals surface area contributed by atoms with E-state index in [1.54, 1.807) is 11.8 Å². The summed E-state index contributed by atoms with van der Waals surface area (Å²) in [6.45, 7) is 5.58. The molecule has 2 rings (SSSR count). The van der Waals surface area contributed by atoms with Gasteiger partial charge in [0.15, 0.2) is 11.8 Å². The smallest absolute Gasteiger partial charge is 0.435 e. The van der Waals surface area contributed by atoms with E-state index >= 15 is 0 Å². The molecule has 0 radical (unpaired) electrons. The fraction of sp³-hybridized carbons (Fsp3) is 0.692. The number of nitrogens with zero attached hydrogens (tertiary/aromatic N) is 3. The van der Waals surface area contributed by atoms with E-state index in [-0.39, 0.29) is 17.8 Å². The van der Waals surface area contributed by atoms with Crippen LogP contribution in [-0.2, 0) is 18.0 Å². The Labute approximate surface area is 120 Å². The highest BCUT2D eigenvalue weighted by Gasteiger charge is 2.44. The van der Waals surface area contributed by atoms with Crippen molar-refractivity contribution in [3.05, 3.63) is 17.5 Å². The lowest BCUT2D eigenvalue weighted by molar-refractivity contribution is -0.141. The molecule has 0 N–H and O–H groups in total. The Kier molecular flexibility index (Phi) is 3.90. The lowest BCUT2D eigenvalue weighted by atomic mass is 10.1. The molecule has 1 aliphatic rings. The number of amides is 1. The summed E-state index contributed by atoms with van der Waals surface area (Å²) in [5.41, 5.74) is -0.737. The number of carbonyl (C=O) groups excluding carboxylic acids is 1. The van der Waals surface area contributed by atoms with Gasteiger partial charge >= 0.3 is 12.3 Å². The summed E-state index contributed by atoms with van der Waals surface area (Å²) in [7, 11) is 1.41. The van der Waals surface area contributed by atoms with Crippen molar-refractivity contribution in [3.8, 4) is 0 Å². The van der Waals surface area contributed by atoms with Crippen LogP contribution in [0.1, 0.15) is 44.7 Å². The first-order chi connectivity index (χ1) is 9.66. The van der Waals surface area contributed by atoms with Crippen molar-refractivity contribution in [2.24, 2.45) is 7.05 Å². The molecule has 1 saturated heterocycles. The molecule has 1 aromatic heterocycles. The number of alkyl halides is 3. The third kappa shape index (κ3) is 2.71. The van der Waals surface area contributed by atoms with Gasteiger partial charge in [0.25, 0.3) is 0 Å². The first-order valence-corrected chi connectivity index (χ1v) is 6.76. The Balaban J connectivity index is 2.32. The number of carbonyl (C=O) groups is 1. The summed E-state index contributed by atoms with van der Waals surface area (Å²) < 4.78 is 44.5. The van der Waals surface area contributed by atoms with Crippen molar-refractivity contribution in [2.45, 2.75) is 51.6 Å². The average Bonchev–Trinajstić information content (AvgIpc) is 2.89. The van der Waals surface area contributed by atoms with Gasteiger partial charge in [-0.15, -0.1) is 0 Å². The van der Waals surface area contributed by atoms with E-state index in [0.29, 0.717) is 0 Å². The van der Waals surface area contributed by atoms with Gasteiger partial charge < -0.3 is 4.74 Å². The summed E-state index contributed by atoms with van der Waals surface area (Å²) in [4.78, 5) is 13.5. The second-order valence-corrected chi connectivity index (χ2v) is 5.29. The van der Waals surface area contributed by atoms with E-state index in [4.69, 9.17) is 4.74 Å². The molecule has 0 aliphatic carbocycles. The summed E-state index contributed by atoms with van der Waals surface area (Å²) in [6, 6.07) is 0.561. The normalized spacial score (nSPS) is 24.3. The number of aromatic nitrogens is 2. The zero-order valence-electron chi connectivity index (χ0n) is 12.3. The SMILES string of the molecule is CCC(C)N1C(=O)O[C@@H](c2cc(C(F)(F)F)nn2C)[C@H]1C. The van der Waals surface area contributed by atoms with Gasteiger partial charge in [0.05, 0.1) is 11.7 Å². The van der Waals surface area contributed by atoms with Gasteiger partial charge in [-0.1, -0.05) is 6.92 Å². The number of aryl methyl sites for hydroxylation is 1. The summed E-state index contributed by atoms with van der Waals surface area (Å²) in [5.74, 6) is 0. The monoisotopic (exact) mass is 305 g/mol. The largest absolute Gasteiger partial charge is 0.437 e. The highest BCUT2D eigenvalue weighted by molar-refractivity contribution is 5.71. The first kappa shape index (κ1) is 15.7. The Morgan fingerprint density at radius 3 is 2.57 bits per heavy atom. The molecule has 2 heterocycles. The van der Waals surface area contributed by atoms with Gasteiger partial charge in [0, 0.05) is 13.1 Å². The van der Waals surface area contributed by atoms with Gasteiger partial charge in [-0.05, 0) is 26.3 Å². The van der Waals surface area contributed by atoms with Crippen molar-refractivity contribution >= 4 is 6.09 Å². The molecule has 0 spiro atoms. The number of rotatable bonds is 3. The molecule has 1 unspecified atom stereocenters. The Morgan fingerprint density at radius 2 is 2.10 bits per heavy atom. The summed E-state index contributed by atoms with van der Waals surface area (Å²) in [6.07, 6.45) is -5.03. The summed E-state index contributed by atoms with van der Waals surface area (Å²) in [5, 5.41) is 3.46. The molecule has 1 fully saturated rings. The van der Waals surface area contributed by atoms with Crippen LogP contribution in [0.2, 0.25) is 0 Å². The Hall–Kier alpha value is -1.73. The molecule has 5 nitrogen and oxygen atoms in total. The number of halogens is 3. The first-order valence-electron chi connectivity index (χ1n) is 6.76. The van der Waals surface area contributed by atoms with Crippen LogP contribution in [0.3, 0.4) is 0 Å². The topological polar surface area (TPSA) is 47.4 Å². The predicted octanol–water partition coefficient (Wildman–Crippen LogP) is 3.12. The number of cyclic esters (lactones) is 1. The molecule has 118 valence electrons. The van der Waals surface area contributed by atoms with Gasteiger partial charge in [0.2, 0.25) is 0 Å². The van der Waals surface area contributed by atoms with Crippen molar-refractivity contribution in [1.29, 1.82) is 0 Å². The molecule has 1 aliphatic heterocycles. The molecule has 1 amide bonds. The van der Waals surface area contributed by atoms with Crippen molar-refractivity contribution in [1.82, 2.24) is 14.7 Å². The zero-order valence-corrected chi connectivity index (χ0v) is 12.3. The molecule has 3 atom stereocenters. The van der Waals surface area contributed by atoms with Gasteiger partial charge in [-0.3, -0.25) is 9.58 Å². The van der Waals surface area contributed by atoms with Gasteiger partial charge in [0.1, 0.15) is 0 Å². The average molecular weight is 305 g/mol. The molecule has 0 bridgehead atoms. The van der Waals surface area contributed by atoms with Crippen molar-refractivity contribution in [3.63, 3.8) is 0 Å². The van der Waals surface area contributed by atoms with E-state index in [9.17, 15) is 18.0 Å². The maximum absolute atomic E-state index is 12.7. The lowest BCUT2D eigenvalue weighted by Gasteiger charge is -2.26. The van der Waals surface area contributed by atoms with Crippen LogP contribution in [0.4, 0.5) is 18.0 Å². The second kappa shape index (κ2) is 5.23. The van der Waals surface area contributed by atoms with E-state index < -0.39 is 24.1 Å². The third-order valence-corrected chi connectivity index (χ3v) is 3.88. The van der Waals surface area contributed by atoms with Gasteiger partial charge in [-0.2, -0.15) is 18.3 Å². The number of hydrogen-bond acceptors (Lipinski definition) is 3. The van der Waals surface area contributed by atoms with Gasteiger partial charge in [-0.25, -0.2) is 4.79 Å². The van der Waals surface area contributed by atoms with Crippen LogP contribution >= 0.6 is 0 Å². The minimum absolute atomic E-state index is 0.0344. The molecule has 0 aromatic carbocycles. The highest BCUT2D eigenvalue weighted by atomic mass is 19.4. The van der Waals surface area contributed by atoms with Crippen LogP contribution in [0.5, 0.6) is 0 Å². The Bertz CT molecular complexity index is 541. The highest BCUT2D eigenvalue weighted by Crippen LogP contribution is 2.36. The van der Waals surface area contributed by atoms with Crippen LogP contribution in [0.15, 0.2) is 6.07 Å². The fourth-order valence-electron chi connectivity index (χ4n) is 2.55. The van der Waals surface area contributed by atoms with E-state index in [2.05, 4.69) is 5.10 Å². The quantitative estimate of drug-likeness (QED) is 0.862. The lowest BCUT2D eigenvalue weighted by Crippen LogP contribution is -2.39. The molecule has 1 aromatic rings. The van der Waals surface area contributed by atoms with Crippen molar-refractivity contribution in [2.75, 3.05) is 0 Å². The van der Waals surface area contributed by atoms with E-state index in [0.717, 1.165) is 17.2 Å². The third-order valence-electron chi connectivity index (χ3n) is 3.88. The summed E-state index contributed by atoms with van der Waals surface area (Å²) >= 11 is 0. The van der Waals surface area contributed by atoms with E-state index in [1.807, 2.05) is 13.8 Å². The molecule has 8 heteroatoms. The maximum Gasteiger partial charge on any atom is 0.435 e. The molecular formula is C13H18F3N3O2. The fourth-order valence-corrected chi connectivity index (χ4v) is 2.55. The zero-order chi connectivity index (χ0) is 15.9. The van der Waals surface area contributed by atoms with E-state index in [1.165, 1.54) is 7.05 Å². The second-order valence-electron chi connectivity index (χ2n) is 5.29. The van der Waals surface area contributed by atoms with Crippen LogP contribution in [-0.4, -0.2) is 32.9 Å². The minimum Gasteiger partial charge on any atom is -0.437 e. The van der Waals surface area contributed by atoms with Crippen molar-refractivity contribution < 1.29 is 22.7 Å². The molecule has 0 saturated carbocycles. The number of ether oxygens (including phenoxy) is 1. The predicted molar refractivity (Wildman–Crippen MR) is 68.5 cm³/mol. The molecular weight excluding hydrogens is 287 g/mol. The molecule has 21 heavy (non-hydrogen) atoms.